The van der Waals surface area contributed by atoms with E-state index in [0.717, 1.165) is 5.56 Å². The lowest BCUT2D eigenvalue weighted by molar-refractivity contribution is 0.109. The van der Waals surface area contributed by atoms with Crippen molar-refractivity contribution in [3.05, 3.63) is 29.8 Å². The van der Waals surface area contributed by atoms with E-state index < -0.39 is 12.2 Å². The molecule has 0 unspecified atom stereocenters. The highest BCUT2D eigenvalue weighted by atomic mass is 16.7. The van der Waals surface area contributed by atoms with E-state index in [1.807, 2.05) is 0 Å². The van der Waals surface area contributed by atoms with Crippen LogP contribution >= 0.6 is 0 Å². The predicted octanol–water partition coefficient (Wildman–Crippen LogP) is 0.496. The number of hydrogen-bond acceptors (Lipinski definition) is 4. The van der Waals surface area contributed by atoms with Gasteiger partial charge in [-0.15, -0.1) is 0 Å². The van der Waals surface area contributed by atoms with Crippen LogP contribution in [-0.2, 0) is 11.3 Å². The first-order valence-electron chi connectivity index (χ1n) is 4.84. The van der Waals surface area contributed by atoms with Gasteiger partial charge in [-0.3, -0.25) is 0 Å². The molecule has 1 amide bonds. The van der Waals surface area contributed by atoms with Gasteiger partial charge in [0.25, 0.3) is 0 Å². The first-order chi connectivity index (χ1) is 8.47. The molecule has 1 aromatic carbocycles. The number of alkyl carbamates (subject to hydrolysis) is 1. The second-order valence-electron chi connectivity index (χ2n) is 3.21. The predicted molar refractivity (Wildman–Crippen MR) is 63.3 cm³/mol. The SMILES string of the molecule is NC(N)=Nc1ccc(CNC(=O)OC(=O)O)cc1. The molecule has 0 saturated carbocycles. The summed E-state index contributed by atoms with van der Waals surface area (Å²) in [5, 5.41) is 10.4. The number of nitrogens with one attached hydrogen (secondary N) is 1. The van der Waals surface area contributed by atoms with Gasteiger partial charge in [0.15, 0.2) is 5.96 Å². The summed E-state index contributed by atoms with van der Waals surface area (Å²) >= 11 is 0. The largest absolute Gasteiger partial charge is 0.514 e. The van der Waals surface area contributed by atoms with Gasteiger partial charge < -0.3 is 26.6 Å². The molecule has 0 aliphatic rings. The normalized spacial score (nSPS) is 9.33. The Kier molecular flexibility index (Phi) is 4.50. The molecule has 8 heteroatoms. The summed E-state index contributed by atoms with van der Waals surface area (Å²) in [5.74, 6) is -0.0501. The smallest absolute Gasteiger partial charge is 0.449 e. The average Bonchev–Trinajstić information content (AvgIpc) is 2.26. The highest BCUT2D eigenvalue weighted by Gasteiger charge is 2.06. The Labute approximate surface area is 102 Å². The number of hydrogen-bond donors (Lipinski definition) is 4. The fourth-order valence-electron chi connectivity index (χ4n) is 1.13. The zero-order chi connectivity index (χ0) is 13.5. The average molecular weight is 252 g/mol. The number of nitrogens with zero attached hydrogens (tertiary/aromatic N) is 1. The van der Waals surface area contributed by atoms with E-state index in [1.165, 1.54) is 0 Å². The third-order valence-corrected chi connectivity index (χ3v) is 1.81. The molecule has 6 N–H and O–H groups in total. The summed E-state index contributed by atoms with van der Waals surface area (Å²) in [6.45, 7) is 0.133. The maximum Gasteiger partial charge on any atom is 0.514 e. The van der Waals surface area contributed by atoms with Crippen LogP contribution in [0, 0.1) is 0 Å². The standard InChI is InChI=1S/C10H12N4O4/c11-8(12)14-7-3-1-6(2-4-7)5-13-9(15)18-10(16)17/h1-4H,5H2,(H,13,15)(H,16,17)(H4,11,12,14). The highest BCUT2D eigenvalue weighted by Crippen LogP contribution is 2.12. The van der Waals surface area contributed by atoms with E-state index in [0.29, 0.717) is 5.69 Å². The van der Waals surface area contributed by atoms with Crippen LogP contribution in [0.1, 0.15) is 5.56 Å². The van der Waals surface area contributed by atoms with Gasteiger partial charge in [0.05, 0.1) is 5.69 Å². The number of rotatable bonds is 3. The molecule has 96 valence electrons. The summed E-state index contributed by atoms with van der Waals surface area (Å²) in [6.07, 6.45) is -2.69. The number of carboxylic acid groups (broad SMARTS) is 1. The van der Waals surface area contributed by atoms with Crippen LogP contribution in [0.3, 0.4) is 0 Å². The van der Waals surface area contributed by atoms with Crippen molar-refractivity contribution < 1.29 is 19.4 Å². The lowest BCUT2D eigenvalue weighted by Crippen LogP contribution is -2.25. The third-order valence-electron chi connectivity index (χ3n) is 1.81. The minimum Gasteiger partial charge on any atom is -0.449 e. The minimum absolute atomic E-state index is 0.0501. The van der Waals surface area contributed by atoms with Crippen LogP contribution in [0.2, 0.25) is 0 Å². The summed E-state index contributed by atoms with van der Waals surface area (Å²) in [5.41, 5.74) is 11.7. The van der Waals surface area contributed by atoms with Gasteiger partial charge in [0.1, 0.15) is 0 Å². The summed E-state index contributed by atoms with van der Waals surface area (Å²) in [6, 6.07) is 6.67. The zero-order valence-corrected chi connectivity index (χ0v) is 9.29. The van der Waals surface area contributed by atoms with Gasteiger partial charge >= 0.3 is 12.2 Å². The molecular weight excluding hydrogens is 240 g/mol. The van der Waals surface area contributed by atoms with Gasteiger partial charge in [-0.2, -0.15) is 0 Å². The molecule has 0 atom stereocenters. The molecular formula is C10H12N4O4. The molecule has 0 heterocycles. The molecule has 0 radical (unpaired) electrons. The first-order valence-corrected chi connectivity index (χ1v) is 4.84. The number of carbonyl (C=O) groups excluding carboxylic acids is 1. The van der Waals surface area contributed by atoms with Crippen molar-refractivity contribution in [2.24, 2.45) is 16.5 Å². The van der Waals surface area contributed by atoms with Gasteiger partial charge in [0.2, 0.25) is 0 Å². The number of benzene rings is 1. The van der Waals surface area contributed by atoms with Crippen LogP contribution in [0.5, 0.6) is 0 Å². The van der Waals surface area contributed by atoms with Crippen LogP contribution in [0.15, 0.2) is 29.3 Å². The van der Waals surface area contributed by atoms with Crippen molar-refractivity contribution in [3.8, 4) is 0 Å². The summed E-state index contributed by atoms with van der Waals surface area (Å²) in [7, 11) is 0. The molecule has 0 bridgehead atoms. The maximum absolute atomic E-state index is 10.9. The van der Waals surface area contributed by atoms with Gasteiger partial charge in [-0.1, -0.05) is 12.1 Å². The summed E-state index contributed by atoms with van der Waals surface area (Å²) in [4.78, 5) is 24.7. The molecule has 0 saturated heterocycles. The number of carbonyl (C=O) groups is 2. The minimum atomic E-state index is -1.66. The molecule has 0 fully saturated rings. The Morgan fingerprint density at radius 1 is 1.28 bits per heavy atom. The van der Waals surface area contributed by atoms with Crippen molar-refractivity contribution in [1.82, 2.24) is 5.32 Å². The molecule has 1 rings (SSSR count). The Morgan fingerprint density at radius 2 is 1.89 bits per heavy atom. The number of amides is 1. The maximum atomic E-state index is 10.9. The second kappa shape index (κ2) is 6.09. The Morgan fingerprint density at radius 3 is 2.39 bits per heavy atom. The van der Waals surface area contributed by atoms with Crippen LogP contribution in [-0.4, -0.2) is 23.3 Å². The van der Waals surface area contributed by atoms with Crippen molar-refractivity contribution in [3.63, 3.8) is 0 Å². The van der Waals surface area contributed by atoms with E-state index in [1.54, 1.807) is 24.3 Å². The molecule has 18 heavy (non-hydrogen) atoms. The molecule has 1 aromatic rings. The number of nitrogens with two attached hydrogens (primary N) is 2. The fourth-order valence-corrected chi connectivity index (χ4v) is 1.13. The quantitative estimate of drug-likeness (QED) is 0.267. The Balaban J connectivity index is 2.51. The van der Waals surface area contributed by atoms with Crippen LogP contribution < -0.4 is 16.8 Å². The molecule has 0 aromatic heterocycles. The van der Waals surface area contributed by atoms with E-state index in [9.17, 15) is 9.59 Å². The number of aliphatic imine (C=N–C) groups is 1. The lowest BCUT2D eigenvalue weighted by atomic mass is 10.2. The molecule has 0 aliphatic heterocycles. The van der Waals surface area contributed by atoms with Crippen molar-refractivity contribution in [1.29, 1.82) is 0 Å². The second-order valence-corrected chi connectivity index (χ2v) is 3.21. The monoisotopic (exact) mass is 252 g/mol. The zero-order valence-electron chi connectivity index (χ0n) is 9.29. The summed E-state index contributed by atoms with van der Waals surface area (Å²) < 4.78 is 3.86. The molecule has 0 aliphatic carbocycles. The van der Waals surface area contributed by atoms with E-state index in [4.69, 9.17) is 16.6 Å². The molecule has 0 spiro atoms. The van der Waals surface area contributed by atoms with Crippen LogP contribution in [0.25, 0.3) is 0 Å². The van der Waals surface area contributed by atoms with Crippen molar-refractivity contribution in [2.75, 3.05) is 0 Å². The molecule has 8 nitrogen and oxygen atoms in total. The Bertz CT molecular complexity index is 465. The van der Waals surface area contributed by atoms with Gasteiger partial charge in [0, 0.05) is 6.54 Å². The van der Waals surface area contributed by atoms with E-state index in [2.05, 4.69) is 15.0 Å². The van der Waals surface area contributed by atoms with Crippen molar-refractivity contribution in [2.45, 2.75) is 6.54 Å². The van der Waals surface area contributed by atoms with E-state index >= 15 is 0 Å². The van der Waals surface area contributed by atoms with E-state index in [-0.39, 0.29) is 12.5 Å². The number of guanidine groups is 1. The number of ether oxygens (including phenoxy) is 1. The van der Waals surface area contributed by atoms with Crippen molar-refractivity contribution >= 4 is 23.9 Å². The first kappa shape index (κ1) is 13.3. The van der Waals surface area contributed by atoms with Gasteiger partial charge in [-0.05, 0) is 17.7 Å². The lowest BCUT2D eigenvalue weighted by Gasteiger charge is -2.03. The highest BCUT2D eigenvalue weighted by molar-refractivity contribution is 5.79. The Hall–Kier alpha value is -2.77. The fraction of sp³-hybridized carbons (Fsp3) is 0.100. The van der Waals surface area contributed by atoms with Crippen LogP contribution in [0.4, 0.5) is 15.3 Å². The topological polar surface area (TPSA) is 140 Å². The van der Waals surface area contributed by atoms with Gasteiger partial charge in [-0.25, -0.2) is 14.6 Å². The third kappa shape index (κ3) is 4.84.